The molecule has 0 N–H and O–H groups in total. The van der Waals surface area contributed by atoms with Gasteiger partial charge in [0.15, 0.2) is 11.9 Å². The van der Waals surface area contributed by atoms with Crippen molar-refractivity contribution in [3.05, 3.63) is 88.7 Å². The quantitative estimate of drug-likeness (QED) is 0.282. The highest BCUT2D eigenvalue weighted by molar-refractivity contribution is 6.30. The second kappa shape index (κ2) is 9.44. The molecule has 0 bridgehead atoms. The standard InChI is InChI=1S/C26H27ClN2O2/c1-18-9-12-23(17-19(18)2)30-16-6-15-29-25-8-5-4-7-24(25)28-26(29)20(3)31-22-13-10-21(27)11-14-22/h4-5,7-14,17,20H,6,15-16H2,1-3H3. The summed E-state index contributed by atoms with van der Waals surface area (Å²) in [6.07, 6.45) is 0.669. The van der Waals surface area contributed by atoms with E-state index in [0.29, 0.717) is 11.6 Å². The van der Waals surface area contributed by atoms with Gasteiger partial charge in [-0.3, -0.25) is 0 Å². The Kier molecular flexibility index (Phi) is 6.47. The van der Waals surface area contributed by atoms with E-state index in [2.05, 4.69) is 36.6 Å². The van der Waals surface area contributed by atoms with Crippen LogP contribution in [0.15, 0.2) is 66.7 Å². The molecule has 3 aromatic carbocycles. The molecule has 0 saturated heterocycles. The maximum atomic E-state index is 6.15. The highest BCUT2D eigenvalue weighted by atomic mass is 35.5. The highest BCUT2D eigenvalue weighted by Gasteiger charge is 2.18. The number of aryl methyl sites for hydroxylation is 3. The van der Waals surface area contributed by atoms with Gasteiger partial charge >= 0.3 is 0 Å². The number of ether oxygens (including phenoxy) is 2. The molecule has 0 aliphatic heterocycles. The predicted octanol–water partition coefficient (Wildman–Crippen LogP) is 6.92. The first kappa shape index (κ1) is 21.3. The molecule has 0 amide bonds. The lowest BCUT2D eigenvalue weighted by atomic mass is 10.1. The molecule has 31 heavy (non-hydrogen) atoms. The highest BCUT2D eigenvalue weighted by Crippen LogP contribution is 2.26. The molecule has 5 heteroatoms. The second-order valence-electron chi connectivity index (χ2n) is 7.77. The van der Waals surface area contributed by atoms with Crippen LogP contribution in [0.2, 0.25) is 5.02 Å². The van der Waals surface area contributed by atoms with E-state index in [1.54, 1.807) is 0 Å². The van der Waals surface area contributed by atoms with Crippen molar-refractivity contribution >= 4 is 22.6 Å². The third-order valence-electron chi connectivity index (χ3n) is 5.45. The monoisotopic (exact) mass is 434 g/mol. The van der Waals surface area contributed by atoms with Crippen molar-refractivity contribution in [3.63, 3.8) is 0 Å². The molecule has 0 radical (unpaired) electrons. The van der Waals surface area contributed by atoms with Crippen LogP contribution in [0.1, 0.15) is 36.4 Å². The van der Waals surface area contributed by atoms with Gasteiger partial charge in [0.2, 0.25) is 0 Å². The number of hydrogen-bond donors (Lipinski definition) is 0. The van der Waals surface area contributed by atoms with Crippen LogP contribution in [-0.4, -0.2) is 16.2 Å². The zero-order valence-corrected chi connectivity index (χ0v) is 18.9. The Morgan fingerprint density at radius 3 is 2.45 bits per heavy atom. The molecule has 0 aliphatic rings. The fraction of sp³-hybridized carbons (Fsp3) is 0.269. The number of aromatic nitrogens is 2. The second-order valence-corrected chi connectivity index (χ2v) is 8.21. The Morgan fingerprint density at radius 1 is 0.935 bits per heavy atom. The number of para-hydroxylation sites is 2. The molecule has 0 aliphatic carbocycles. The van der Waals surface area contributed by atoms with Gasteiger partial charge in [-0.15, -0.1) is 0 Å². The lowest BCUT2D eigenvalue weighted by Crippen LogP contribution is -2.13. The average Bonchev–Trinajstić information content (AvgIpc) is 3.14. The van der Waals surface area contributed by atoms with Gasteiger partial charge in [0.1, 0.15) is 11.5 Å². The summed E-state index contributed by atoms with van der Waals surface area (Å²) in [6, 6.07) is 21.8. The van der Waals surface area contributed by atoms with Crippen LogP contribution in [0.4, 0.5) is 0 Å². The number of benzene rings is 3. The molecule has 0 saturated carbocycles. The zero-order chi connectivity index (χ0) is 21.8. The van der Waals surface area contributed by atoms with Gasteiger partial charge in [-0.25, -0.2) is 4.98 Å². The maximum Gasteiger partial charge on any atom is 0.153 e. The van der Waals surface area contributed by atoms with Gasteiger partial charge in [0.25, 0.3) is 0 Å². The Bertz CT molecular complexity index is 1170. The molecule has 4 rings (SSSR count). The first-order valence-corrected chi connectivity index (χ1v) is 11.0. The summed E-state index contributed by atoms with van der Waals surface area (Å²) < 4.78 is 14.4. The Balaban J connectivity index is 1.48. The molecule has 4 nitrogen and oxygen atoms in total. The van der Waals surface area contributed by atoms with Crippen molar-refractivity contribution in [1.29, 1.82) is 0 Å². The molecule has 0 fully saturated rings. The summed E-state index contributed by atoms with van der Waals surface area (Å²) in [7, 11) is 0. The summed E-state index contributed by atoms with van der Waals surface area (Å²) >= 11 is 5.99. The molecule has 1 unspecified atom stereocenters. The van der Waals surface area contributed by atoms with Gasteiger partial charge < -0.3 is 14.0 Å². The summed E-state index contributed by atoms with van der Waals surface area (Å²) in [5.41, 5.74) is 4.60. The minimum atomic E-state index is -0.200. The van der Waals surface area contributed by atoms with Crippen LogP contribution in [0.3, 0.4) is 0 Å². The number of nitrogens with zero attached hydrogens (tertiary/aromatic N) is 2. The minimum Gasteiger partial charge on any atom is -0.494 e. The van der Waals surface area contributed by atoms with E-state index in [4.69, 9.17) is 26.1 Å². The molecular weight excluding hydrogens is 408 g/mol. The summed E-state index contributed by atoms with van der Waals surface area (Å²) in [5, 5.41) is 0.691. The zero-order valence-electron chi connectivity index (χ0n) is 18.1. The molecule has 1 atom stereocenters. The Morgan fingerprint density at radius 2 is 1.68 bits per heavy atom. The number of imidazole rings is 1. The van der Waals surface area contributed by atoms with E-state index >= 15 is 0 Å². The van der Waals surface area contributed by atoms with Gasteiger partial charge in [-0.05, 0) is 86.8 Å². The van der Waals surface area contributed by atoms with Crippen molar-refractivity contribution in [2.45, 2.75) is 39.8 Å². The van der Waals surface area contributed by atoms with E-state index in [9.17, 15) is 0 Å². The van der Waals surface area contributed by atoms with Crippen LogP contribution in [0, 0.1) is 13.8 Å². The van der Waals surface area contributed by atoms with Crippen molar-refractivity contribution in [2.24, 2.45) is 0 Å². The molecular formula is C26H27ClN2O2. The lowest BCUT2D eigenvalue weighted by Gasteiger charge is -2.17. The smallest absolute Gasteiger partial charge is 0.153 e. The molecule has 160 valence electrons. The summed E-state index contributed by atoms with van der Waals surface area (Å²) in [5.74, 6) is 2.59. The number of fused-ring (bicyclic) bond motifs is 1. The largest absolute Gasteiger partial charge is 0.494 e. The number of rotatable bonds is 8. The van der Waals surface area contributed by atoms with Gasteiger partial charge in [0.05, 0.1) is 17.6 Å². The number of halogens is 1. The predicted molar refractivity (Wildman–Crippen MR) is 126 cm³/mol. The van der Waals surface area contributed by atoms with Crippen LogP contribution in [0.25, 0.3) is 11.0 Å². The van der Waals surface area contributed by atoms with E-state index in [1.165, 1.54) is 11.1 Å². The van der Waals surface area contributed by atoms with Gasteiger partial charge in [0, 0.05) is 11.6 Å². The molecule has 4 aromatic rings. The Labute approximate surface area is 188 Å². The number of hydrogen-bond acceptors (Lipinski definition) is 3. The maximum absolute atomic E-state index is 6.15. The van der Waals surface area contributed by atoms with Crippen molar-refractivity contribution in [2.75, 3.05) is 6.61 Å². The fourth-order valence-corrected chi connectivity index (χ4v) is 3.75. The Hall–Kier alpha value is -2.98. The first-order valence-electron chi connectivity index (χ1n) is 10.6. The van der Waals surface area contributed by atoms with E-state index in [0.717, 1.165) is 41.3 Å². The topological polar surface area (TPSA) is 36.3 Å². The molecule has 0 spiro atoms. The lowest BCUT2D eigenvalue weighted by molar-refractivity contribution is 0.210. The summed E-state index contributed by atoms with van der Waals surface area (Å²) in [6.45, 7) is 7.68. The minimum absolute atomic E-state index is 0.200. The summed E-state index contributed by atoms with van der Waals surface area (Å²) in [4.78, 5) is 4.86. The average molecular weight is 435 g/mol. The fourth-order valence-electron chi connectivity index (χ4n) is 3.63. The van der Waals surface area contributed by atoms with Crippen LogP contribution in [-0.2, 0) is 6.54 Å². The van der Waals surface area contributed by atoms with E-state index in [1.807, 2.05) is 55.5 Å². The molecule has 1 aromatic heterocycles. The van der Waals surface area contributed by atoms with Crippen molar-refractivity contribution in [1.82, 2.24) is 9.55 Å². The normalized spacial score (nSPS) is 12.1. The van der Waals surface area contributed by atoms with Crippen LogP contribution < -0.4 is 9.47 Å². The van der Waals surface area contributed by atoms with Gasteiger partial charge in [-0.1, -0.05) is 29.8 Å². The van der Waals surface area contributed by atoms with E-state index < -0.39 is 0 Å². The van der Waals surface area contributed by atoms with Crippen LogP contribution >= 0.6 is 11.6 Å². The van der Waals surface area contributed by atoms with Crippen molar-refractivity contribution < 1.29 is 9.47 Å². The van der Waals surface area contributed by atoms with Crippen molar-refractivity contribution in [3.8, 4) is 11.5 Å². The first-order chi connectivity index (χ1) is 15.0. The van der Waals surface area contributed by atoms with Gasteiger partial charge in [-0.2, -0.15) is 0 Å². The van der Waals surface area contributed by atoms with Crippen LogP contribution in [0.5, 0.6) is 11.5 Å². The third-order valence-corrected chi connectivity index (χ3v) is 5.70. The SMILES string of the molecule is Cc1ccc(OCCCn2c(C(C)Oc3ccc(Cl)cc3)nc3ccccc32)cc1C. The molecule has 1 heterocycles. The third kappa shape index (κ3) is 5.02. The van der Waals surface area contributed by atoms with E-state index in [-0.39, 0.29) is 6.10 Å².